The molecule has 338 valence electrons. The van der Waals surface area contributed by atoms with Crippen molar-refractivity contribution in [1.82, 2.24) is 40.4 Å². The van der Waals surface area contributed by atoms with Crippen molar-refractivity contribution in [2.45, 2.75) is 116 Å². The highest BCUT2D eigenvalue weighted by molar-refractivity contribution is 7.13. The summed E-state index contributed by atoms with van der Waals surface area (Å²) in [6.45, 7) is 13.1. The van der Waals surface area contributed by atoms with Crippen LogP contribution in [0.5, 0.6) is 0 Å². The van der Waals surface area contributed by atoms with Crippen LogP contribution in [0, 0.1) is 12.3 Å². The summed E-state index contributed by atoms with van der Waals surface area (Å²) in [7, 11) is 0. The van der Waals surface area contributed by atoms with Gasteiger partial charge in [0.15, 0.2) is 5.65 Å². The lowest BCUT2D eigenvalue weighted by Crippen LogP contribution is -2.57. The summed E-state index contributed by atoms with van der Waals surface area (Å²) >= 11 is 1.59. The minimum Gasteiger partial charge on any atom is -0.391 e. The zero-order valence-corrected chi connectivity index (χ0v) is 37.7. The van der Waals surface area contributed by atoms with Crippen LogP contribution in [0.1, 0.15) is 83.2 Å². The summed E-state index contributed by atoms with van der Waals surface area (Å²) in [5, 5.41) is 28.1. The molecule has 0 unspecified atom stereocenters. The van der Waals surface area contributed by atoms with Gasteiger partial charge in [-0.15, -0.1) is 11.3 Å². The lowest BCUT2D eigenvalue weighted by atomic mass is 9.85. The highest BCUT2D eigenvalue weighted by Gasteiger charge is 2.43. The third kappa shape index (κ3) is 13.3. The fourth-order valence-electron chi connectivity index (χ4n) is 8.08. The summed E-state index contributed by atoms with van der Waals surface area (Å²) in [6, 6.07) is 11.0. The number of aliphatic hydroxyl groups excluding tert-OH is 1. The summed E-state index contributed by atoms with van der Waals surface area (Å²) in [6.07, 6.45) is 6.12. The number of nitrogens with one attached hydrogen (secondary N) is 4. The quantitative estimate of drug-likeness (QED) is 0.0666. The zero-order chi connectivity index (χ0) is 44.1. The van der Waals surface area contributed by atoms with Gasteiger partial charge in [0.2, 0.25) is 17.7 Å². The average molecular weight is 876 g/mol. The van der Waals surface area contributed by atoms with Crippen molar-refractivity contribution < 1.29 is 33.7 Å². The van der Waals surface area contributed by atoms with E-state index < -0.39 is 23.6 Å². The molecule has 1 aromatic carbocycles. The van der Waals surface area contributed by atoms with Crippen molar-refractivity contribution in [2.24, 2.45) is 5.41 Å². The number of anilines is 1. The molecule has 1 aliphatic carbocycles. The van der Waals surface area contributed by atoms with Gasteiger partial charge < -0.3 is 45.5 Å². The van der Waals surface area contributed by atoms with Crippen molar-refractivity contribution in [3.63, 3.8) is 0 Å². The number of carbonyl (C=O) groups excluding carboxylic acids is 3. The van der Waals surface area contributed by atoms with Crippen LogP contribution in [-0.2, 0) is 41.6 Å². The molecular weight excluding hydrogens is 811 g/mol. The molecule has 3 amide bonds. The molecule has 2 aliphatic rings. The number of β-amino-alcohol motifs (C(OH)–C–C–N with tert-alkyl or cyclic N) is 1. The normalized spacial score (nSPS) is 19.5. The minimum absolute atomic E-state index is 0.0165. The van der Waals surface area contributed by atoms with Crippen molar-refractivity contribution in [1.29, 1.82) is 0 Å². The van der Waals surface area contributed by atoms with E-state index in [0.29, 0.717) is 52.7 Å². The Kier molecular flexibility index (Phi) is 17.2. The van der Waals surface area contributed by atoms with Crippen LogP contribution in [0.15, 0.2) is 48.1 Å². The molecule has 6 rings (SSSR count). The Balaban J connectivity index is 0.808. The smallest absolute Gasteiger partial charge is 0.243 e. The molecule has 0 radical (unpaired) electrons. The van der Waals surface area contributed by atoms with Crippen LogP contribution in [-0.4, -0.2) is 130 Å². The predicted octanol–water partition coefficient (Wildman–Crippen LogP) is 4.29. The van der Waals surface area contributed by atoms with Gasteiger partial charge >= 0.3 is 0 Å². The van der Waals surface area contributed by atoms with Gasteiger partial charge in [-0.1, -0.05) is 58.4 Å². The Morgan fingerprint density at radius 1 is 0.968 bits per heavy atom. The van der Waals surface area contributed by atoms with E-state index in [1.165, 1.54) is 4.90 Å². The monoisotopic (exact) mass is 875 g/mol. The van der Waals surface area contributed by atoms with Crippen LogP contribution >= 0.6 is 11.3 Å². The summed E-state index contributed by atoms with van der Waals surface area (Å²) in [4.78, 5) is 51.5. The topological polar surface area (TPSA) is 194 Å². The first-order valence-electron chi connectivity index (χ1n) is 22.0. The molecule has 0 bridgehead atoms. The maximum atomic E-state index is 13.9. The molecular formula is C45H65N9O7S. The number of aliphatic hydroxyl groups is 1. The maximum Gasteiger partial charge on any atom is 0.243 e. The van der Waals surface area contributed by atoms with Crippen LogP contribution in [0.4, 0.5) is 5.82 Å². The van der Waals surface area contributed by atoms with Crippen LogP contribution in [0.2, 0.25) is 0 Å². The van der Waals surface area contributed by atoms with E-state index in [4.69, 9.17) is 14.2 Å². The van der Waals surface area contributed by atoms with Crippen LogP contribution in [0.25, 0.3) is 16.1 Å². The molecule has 4 heterocycles. The Morgan fingerprint density at radius 2 is 1.69 bits per heavy atom. The van der Waals surface area contributed by atoms with Crippen molar-refractivity contribution >= 4 is 40.5 Å². The van der Waals surface area contributed by atoms with E-state index in [9.17, 15) is 19.5 Å². The first-order valence-corrected chi connectivity index (χ1v) is 22.9. The summed E-state index contributed by atoms with van der Waals surface area (Å²) < 4.78 is 18.9. The third-order valence-electron chi connectivity index (χ3n) is 11.3. The zero-order valence-electron chi connectivity index (χ0n) is 36.9. The Labute approximate surface area is 368 Å². The minimum atomic E-state index is -0.780. The van der Waals surface area contributed by atoms with Gasteiger partial charge in [-0.25, -0.2) is 9.97 Å². The van der Waals surface area contributed by atoms with E-state index in [-0.39, 0.29) is 49.2 Å². The van der Waals surface area contributed by atoms with Gasteiger partial charge in [-0.3, -0.25) is 14.4 Å². The van der Waals surface area contributed by atoms with Crippen molar-refractivity contribution in [3.05, 3.63) is 65.1 Å². The standard InChI is InChI=1S/C45H65N9O7S/c1-6-7-33-25-39(54-38(50-33)14-16-49-54)51-34-12-13-35(24-34)52-40(56)15-18-59-20-22-61-23-21-60-19-17-46-42(45(3,4)5)44(58)53-28-36(55)26-37(53)43(57)47-27-31-8-10-32(11-9-31)41-30(2)48-29-62-41/h8-11,14,16,25,29,34-37,42,46,51,55H,6-7,12-13,15,17-24,26-28H2,1-5H3,(H,47,57)(H,52,56)/t34-,35-,36-,37+,42-/m1/s1. The number of thiazole rings is 1. The molecule has 2 fully saturated rings. The molecule has 5 N–H and O–H groups in total. The van der Waals surface area contributed by atoms with E-state index in [1.807, 2.05) is 68.1 Å². The molecule has 3 aromatic heterocycles. The SMILES string of the molecule is CCCc1cc(N[C@@H]2CC[C@@H](NC(=O)CCOCCOCCOCCN[C@H](C(=O)N3C[C@H](O)C[C@H]3C(=O)NCc3ccc(-c4scnc4C)cc3)C(C)(C)C)C2)n2nccc2n1. The Morgan fingerprint density at radius 3 is 2.40 bits per heavy atom. The number of nitrogens with zero attached hydrogens (tertiary/aromatic N) is 5. The maximum absolute atomic E-state index is 13.9. The number of fused-ring (bicyclic) bond motifs is 1. The van der Waals surface area contributed by atoms with Crippen LogP contribution in [0.3, 0.4) is 0 Å². The summed E-state index contributed by atoms with van der Waals surface area (Å²) in [5.74, 6) is 0.412. The average Bonchev–Trinajstić information content (AvgIpc) is 4.07. The van der Waals surface area contributed by atoms with E-state index in [1.54, 1.807) is 17.5 Å². The van der Waals surface area contributed by atoms with E-state index in [2.05, 4.69) is 49.3 Å². The second kappa shape index (κ2) is 22.7. The molecule has 1 saturated heterocycles. The number of likely N-dealkylation sites (tertiary alicyclic amines) is 1. The molecule has 1 saturated carbocycles. The highest BCUT2D eigenvalue weighted by atomic mass is 32.1. The number of aryl methyl sites for hydroxylation is 2. The number of benzene rings is 1. The fourth-order valence-corrected chi connectivity index (χ4v) is 8.89. The largest absolute Gasteiger partial charge is 0.391 e. The molecule has 62 heavy (non-hydrogen) atoms. The van der Waals surface area contributed by atoms with Crippen molar-refractivity contribution in [3.8, 4) is 10.4 Å². The number of ether oxygens (including phenoxy) is 3. The number of rotatable bonds is 23. The number of carbonyl (C=O) groups is 3. The predicted molar refractivity (Wildman–Crippen MR) is 239 cm³/mol. The summed E-state index contributed by atoms with van der Waals surface area (Å²) in [5.41, 5.74) is 6.25. The van der Waals surface area contributed by atoms with Gasteiger partial charge in [0, 0.05) is 62.4 Å². The molecule has 16 nitrogen and oxygen atoms in total. The van der Waals surface area contributed by atoms with E-state index in [0.717, 1.165) is 71.0 Å². The number of hydrogen-bond acceptors (Lipinski definition) is 13. The number of amides is 3. The molecule has 1 aliphatic heterocycles. The van der Waals surface area contributed by atoms with Crippen molar-refractivity contribution in [2.75, 3.05) is 58.0 Å². The molecule has 4 aromatic rings. The first kappa shape index (κ1) is 47.0. The third-order valence-corrected chi connectivity index (χ3v) is 12.3. The molecule has 0 spiro atoms. The number of hydrogen-bond donors (Lipinski definition) is 5. The molecule has 5 atom stereocenters. The van der Waals surface area contributed by atoms with Gasteiger partial charge in [0.1, 0.15) is 11.9 Å². The van der Waals surface area contributed by atoms with Gasteiger partial charge in [-0.2, -0.15) is 9.61 Å². The van der Waals surface area contributed by atoms with Gasteiger partial charge in [0.25, 0.3) is 0 Å². The first-order chi connectivity index (χ1) is 29.9. The van der Waals surface area contributed by atoms with Gasteiger partial charge in [-0.05, 0) is 49.1 Å². The Bertz CT molecular complexity index is 2050. The lowest BCUT2D eigenvalue weighted by molar-refractivity contribution is -0.142. The number of aromatic nitrogens is 4. The molecule has 17 heteroatoms. The highest BCUT2D eigenvalue weighted by Crippen LogP contribution is 2.29. The lowest BCUT2D eigenvalue weighted by Gasteiger charge is -2.35. The Hall–Kier alpha value is -4.52. The van der Waals surface area contributed by atoms with Gasteiger partial charge in [0.05, 0.1) is 74.1 Å². The van der Waals surface area contributed by atoms with Crippen LogP contribution < -0.4 is 21.3 Å². The second-order valence-electron chi connectivity index (χ2n) is 17.3. The fraction of sp³-hybridized carbons (Fsp3) is 0.600. The second-order valence-corrected chi connectivity index (χ2v) is 18.2. The van der Waals surface area contributed by atoms with E-state index >= 15 is 0 Å².